The summed E-state index contributed by atoms with van der Waals surface area (Å²) >= 11 is 3.27. The summed E-state index contributed by atoms with van der Waals surface area (Å²) in [5, 5.41) is 8.99. The molecule has 0 radical (unpaired) electrons. The molecule has 0 saturated carbocycles. The molecule has 0 bridgehead atoms. The van der Waals surface area contributed by atoms with Crippen molar-refractivity contribution in [3.63, 3.8) is 0 Å². The Kier molecular flexibility index (Phi) is 5.03. The molecule has 0 spiro atoms. The van der Waals surface area contributed by atoms with Crippen LogP contribution in [0.1, 0.15) is 6.92 Å². The molecule has 1 saturated heterocycles. The molecule has 0 aromatic heterocycles. The minimum atomic E-state index is -3.52. The second kappa shape index (κ2) is 6.43. The first kappa shape index (κ1) is 16.4. The smallest absolute Gasteiger partial charge is 0.320 e. The third kappa shape index (κ3) is 3.63. The Balaban J connectivity index is 2.09. The molecule has 1 atom stereocenters. The van der Waals surface area contributed by atoms with E-state index in [4.69, 9.17) is 5.11 Å². The van der Waals surface area contributed by atoms with Crippen LogP contribution in [0.3, 0.4) is 0 Å². The minimum Gasteiger partial charge on any atom is -0.480 e. The standard InChI is InChI=1S/C13H17BrN2O4S/c1-10(13(17)18)15-5-7-16(8-6-15)21(19,20)12-4-2-3-11(14)9-12/h2-4,9-10H,5-8H2,1H3,(H,17,18)/t10-/m0/s1. The molecule has 1 aromatic rings. The van der Waals surface area contributed by atoms with Crippen molar-refractivity contribution < 1.29 is 18.3 Å². The molecule has 0 aliphatic carbocycles. The number of halogens is 1. The fraction of sp³-hybridized carbons (Fsp3) is 0.462. The van der Waals surface area contributed by atoms with Gasteiger partial charge in [-0.1, -0.05) is 22.0 Å². The van der Waals surface area contributed by atoms with Gasteiger partial charge in [-0.15, -0.1) is 0 Å². The Morgan fingerprint density at radius 2 is 1.90 bits per heavy atom. The Labute approximate surface area is 132 Å². The fourth-order valence-corrected chi connectivity index (χ4v) is 4.28. The molecule has 1 aliphatic heterocycles. The van der Waals surface area contributed by atoms with Gasteiger partial charge in [0.15, 0.2) is 0 Å². The fourth-order valence-electron chi connectivity index (χ4n) is 2.26. The van der Waals surface area contributed by atoms with Crippen LogP contribution in [-0.4, -0.2) is 60.9 Å². The minimum absolute atomic E-state index is 0.247. The summed E-state index contributed by atoms with van der Waals surface area (Å²) in [4.78, 5) is 13.0. The van der Waals surface area contributed by atoms with Crippen LogP contribution in [0.15, 0.2) is 33.6 Å². The molecule has 6 nitrogen and oxygen atoms in total. The molecule has 2 rings (SSSR count). The van der Waals surface area contributed by atoms with Crippen molar-refractivity contribution in [3.8, 4) is 0 Å². The summed E-state index contributed by atoms with van der Waals surface area (Å²) in [6.07, 6.45) is 0. The largest absolute Gasteiger partial charge is 0.480 e. The number of aliphatic carboxylic acids is 1. The maximum Gasteiger partial charge on any atom is 0.320 e. The number of sulfonamides is 1. The van der Waals surface area contributed by atoms with E-state index in [1.54, 1.807) is 36.1 Å². The van der Waals surface area contributed by atoms with Gasteiger partial charge in [0, 0.05) is 30.7 Å². The van der Waals surface area contributed by atoms with Crippen molar-refractivity contribution in [1.29, 1.82) is 0 Å². The monoisotopic (exact) mass is 376 g/mol. The van der Waals surface area contributed by atoms with Crippen LogP contribution in [0, 0.1) is 0 Å². The molecule has 1 aliphatic rings. The highest BCUT2D eigenvalue weighted by molar-refractivity contribution is 9.10. The molecular formula is C13H17BrN2O4S. The Hall–Kier alpha value is -0.960. The zero-order valence-electron chi connectivity index (χ0n) is 11.6. The molecule has 116 valence electrons. The second-order valence-corrected chi connectivity index (χ2v) is 7.77. The highest BCUT2D eigenvalue weighted by Gasteiger charge is 2.31. The van der Waals surface area contributed by atoms with Gasteiger partial charge in [0.1, 0.15) is 6.04 Å². The van der Waals surface area contributed by atoms with Gasteiger partial charge in [-0.2, -0.15) is 4.31 Å². The van der Waals surface area contributed by atoms with E-state index in [0.29, 0.717) is 30.7 Å². The van der Waals surface area contributed by atoms with E-state index in [1.807, 2.05) is 0 Å². The first-order valence-corrected chi connectivity index (χ1v) is 8.78. The van der Waals surface area contributed by atoms with E-state index in [-0.39, 0.29) is 4.90 Å². The Morgan fingerprint density at radius 3 is 2.43 bits per heavy atom. The van der Waals surface area contributed by atoms with Gasteiger partial charge in [0.25, 0.3) is 0 Å². The zero-order valence-corrected chi connectivity index (χ0v) is 14.0. The summed E-state index contributed by atoms with van der Waals surface area (Å²) in [6, 6.07) is 5.99. The summed E-state index contributed by atoms with van der Waals surface area (Å²) in [5.41, 5.74) is 0. The van der Waals surface area contributed by atoms with Crippen molar-refractivity contribution in [3.05, 3.63) is 28.7 Å². The van der Waals surface area contributed by atoms with Crippen molar-refractivity contribution >= 4 is 31.9 Å². The van der Waals surface area contributed by atoms with E-state index in [9.17, 15) is 13.2 Å². The van der Waals surface area contributed by atoms with E-state index < -0.39 is 22.0 Å². The summed E-state index contributed by atoms with van der Waals surface area (Å²) in [5.74, 6) is -0.890. The molecule has 1 N–H and O–H groups in total. The lowest BCUT2D eigenvalue weighted by molar-refractivity contribution is -0.143. The molecule has 1 fully saturated rings. The molecule has 1 aromatic carbocycles. The highest BCUT2D eigenvalue weighted by Crippen LogP contribution is 2.21. The average molecular weight is 377 g/mol. The van der Waals surface area contributed by atoms with Gasteiger partial charge in [-0.05, 0) is 25.1 Å². The number of hydrogen-bond donors (Lipinski definition) is 1. The third-order valence-electron chi connectivity index (χ3n) is 3.61. The molecule has 1 heterocycles. The Morgan fingerprint density at radius 1 is 1.29 bits per heavy atom. The van der Waals surface area contributed by atoms with E-state index in [0.717, 1.165) is 0 Å². The number of carboxylic acids is 1. The topological polar surface area (TPSA) is 77.9 Å². The maximum atomic E-state index is 12.5. The molecule has 21 heavy (non-hydrogen) atoms. The Bertz CT molecular complexity index is 627. The lowest BCUT2D eigenvalue weighted by Gasteiger charge is -2.35. The summed E-state index contributed by atoms with van der Waals surface area (Å²) < 4.78 is 27.2. The zero-order chi connectivity index (χ0) is 15.6. The van der Waals surface area contributed by atoms with Gasteiger partial charge in [-0.25, -0.2) is 8.42 Å². The van der Waals surface area contributed by atoms with E-state index >= 15 is 0 Å². The first-order chi connectivity index (χ1) is 9.82. The quantitative estimate of drug-likeness (QED) is 0.854. The number of hydrogen-bond acceptors (Lipinski definition) is 4. The van der Waals surface area contributed by atoms with Crippen LogP contribution in [0.4, 0.5) is 0 Å². The number of carboxylic acid groups (broad SMARTS) is 1. The SMILES string of the molecule is C[C@@H](C(=O)O)N1CCN(S(=O)(=O)c2cccc(Br)c2)CC1. The van der Waals surface area contributed by atoms with Gasteiger partial charge < -0.3 is 5.11 Å². The van der Waals surface area contributed by atoms with Gasteiger partial charge in [0.05, 0.1) is 4.90 Å². The van der Waals surface area contributed by atoms with Crippen LogP contribution < -0.4 is 0 Å². The second-order valence-electron chi connectivity index (χ2n) is 4.91. The number of carbonyl (C=O) groups is 1. The van der Waals surface area contributed by atoms with E-state index in [1.165, 1.54) is 4.31 Å². The number of nitrogens with zero attached hydrogens (tertiary/aromatic N) is 2. The van der Waals surface area contributed by atoms with Crippen LogP contribution in [0.25, 0.3) is 0 Å². The maximum absolute atomic E-state index is 12.5. The lowest BCUT2D eigenvalue weighted by atomic mass is 10.2. The first-order valence-electron chi connectivity index (χ1n) is 6.55. The predicted octanol–water partition coefficient (Wildman–Crippen LogP) is 1.23. The lowest BCUT2D eigenvalue weighted by Crippen LogP contribution is -2.53. The molecule has 8 heteroatoms. The van der Waals surface area contributed by atoms with Crippen molar-refractivity contribution in [2.45, 2.75) is 17.9 Å². The summed E-state index contributed by atoms with van der Waals surface area (Å²) in [7, 11) is -3.52. The van der Waals surface area contributed by atoms with Gasteiger partial charge >= 0.3 is 5.97 Å². The van der Waals surface area contributed by atoms with Crippen LogP contribution in [0.5, 0.6) is 0 Å². The average Bonchev–Trinajstić information content (AvgIpc) is 2.46. The number of piperazine rings is 1. The number of benzene rings is 1. The van der Waals surface area contributed by atoms with Crippen molar-refractivity contribution in [2.24, 2.45) is 0 Å². The molecule has 0 unspecified atom stereocenters. The summed E-state index contributed by atoms with van der Waals surface area (Å²) in [6.45, 7) is 3.04. The third-order valence-corrected chi connectivity index (χ3v) is 6.00. The van der Waals surface area contributed by atoms with Crippen LogP contribution in [0.2, 0.25) is 0 Å². The van der Waals surface area contributed by atoms with Crippen LogP contribution >= 0.6 is 15.9 Å². The van der Waals surface area contributed by atoms with Crippen LogP contribution in [-0.2, 0) is 14.8 Å². The molecular weight excluding hydrogens is 360 g/mol. The van der Waals surface area contributed by atoms with Crippen molar-refractivity contribution in [2.75, 3.05) is 26.2 Å². The van der Waals surface area contributed by atoms with Gasteiger partial charge in [0.2, 0.25) is 10.0 Å². The van der Waals surface area contributed by atoms with Crippen molar-refractivity contribution in [1.82, 2.24) is 9.21 Å². The number of rotatable bonds is 4. The van der Waals surface area contributed by atoms with Gasteiger partial charge in [-0.3, -0.25) is 9.69 Å². The highest BCUT2D eigenvalue weighted by atomic mass is 79.9. The normalized spacial score (nSPS) is 19.3. The molecule has 0 amide bonds. The predicted molar refractivity (Wildman–Crippen MR) is 81.6 cm³/mol. The van der Waals surface area contributed by atoms with E-state index in [2.05, 4.69) is 15.9 Å².